The number of hydrogen-bond donors (Lipinski definition) is 2. The number of hydrogen-bond acceptors (Lipinski definition) is 5. The number of rotatable bonds is 8. The maximum absolute atomic E-state index is 4.99. The molecule has 0 bridgehead atoms. The third-order valence-corrected chi connectivity index (χ3v) is 2.26. The van der Waals surface area contributed by atoms with Crippen LogP contribution in [0.2, 0.25) is 0 Å². The van der Waals surface area contributed by atoms with Crippen LogP contribution in [-0.4, -0.2) is 36.8 Å². The van der Waals surface area contributed by atoms with E-state index in [1.54, 1.807) is 7.11 Å². The minimum atomic E-state index is 0.670. The van der Waals surface area contributed by atoms with Crippen molar-refractivity contribution in [2.75, 3.05) is 37.4 Å². The predicted octanol–water partition coefficient (Wildman–Crippen LogP) is 1.92. The van der Waals surface area contributed by atoms with Crippen molar-refractivity contribution >= 4 is 11.6 Å². The van der Waals surface area contributed by atoms with Gasteiger partial charge in [0.25, 0.3) is 0 Å². The van der Waals surface area contributed by atoms with E-state index in [2.05, 4.69) is 34.4 Å². The van der Waals surface area contributed by atoms with Crippen molar-refractivity contribution in [1.29, 1.82) is 0 Å². The molecule has 1 rings (SSSR count). The zero-order chi connectivity index (χ0) is 12.5. The molecule has 0 saturated heterocycles. The van der Waals surface area contributed by atoms with Gasteiger partial charge in [0.05, 0.1) is 6.61 Å². The first-order valence-corrected chi connectivity index (χ1v) is 6.14. The summed E-state index contributed by atoms with van der Waals surface area (Å²) in [5.41, 5.74) is 0. The van der Waals surface area contributed by atoms with Crippen LogP contribution < -0.4 is 10.6 Å². The Balaban J connectivity index is 2.67. The van der Waals surface area contributed by atoms with Crippen LogP contribution in [0.15, 0.2) is 6.07 Å². The number of methoxy groups -OCH3 is 1. The molecule has 0 atom stereocenters. The Bertz CT molecular complexity index is 330. The molecule has 96 valence electrons. The molecule has 0 aliphatic carbocycles. The van der Waals surface area contributed by atoms with Gasteiger partial charge < -0.3 is 15.4 Å². The maximum atomic E-state index is 4.99. The van der Waals surface area contributed by atoms with Gasteiger partial charge in [0.1, 0.15) is 17.5 Å². The number of nitrogens with zero attached hydrogens (tertiary/aromatic N) is 2. The topological polar surface area (TPSA) is 59.1 Å². The van der Waals surface area contributed by atoms with E-state index < -0.39 is 0 Å². The summed E-state index contributed by atoms with van der Waals surface area (Å²) in [4.78, 5) is 8.84. The summed E-state index contributed by atoms with van der Waals surface area (Å²) >= 11 is 0. The molecule has 1 aromatic heterocycles. The van der Waals surface area contributed by atoms with E-state index in [4.69, 9.17) is 4.74 Å². The third-order valence-electron chi connectivity index (χ3n) is 2.26. The molecule has 0 unspecified atom stereocenters. The Hall–Kier alpha value is -1.36. The van der Waals surface area contributed by atoms with Crippen LogP contribution in [0.25, 0.3) is 0 Å². The lowest BCUT2D eigenvalue weighted by atomic mass is 10.4. The van der Waals surface area contributed by atoms with E-state index in [-0.39, 0.29) is 0 Å². The summed E-state index contributed by atoms with van der Waals surface area (Å²) < 4.78 is 4.99. The Labute approximate surface area is 103 Å². The Morgan fingerprint density at radius 2 is 1.76 bits per heavy atom. The van der Waals surface area contributed by atoms with Crippen molar-refractivity contribution in [3.8, 4) is 0 Å². The second-order valence-electron chi connectivity index (χ2n) is 3.75. The molecule has 17 heavy (non-hydrogen) atoms. The molecular formula is C12H22N4O. The number of aryl methyl sites for hydroxylation is 1. The van der Waals surface area contributed by atoms with Gasteiger partial charge in [-0.1, -0.05) is 13.8 Å². The van der Waals surface area contributed by atoms with E-state index in [1.165, 1.54) is 0 Å². The van der Waals surface area contributed by atoms with Crippen molar-refractivity contribution in [1.82, 2.24) is 9.97 Å². The molecule has 5 heteroatoms. The predicted molar refractivity (Wildman–Crippen MR) is 70.6 cm³/mol. The lowest BCUT2D eigenvalue weighted by molar-refractivity contribution is 0.210. The van der Waals surface area contributed by atoms with E-state index in [0.717, 1.165) is 43.4 Å². The van der Waals surface area contributed by atoms with Crippen molar-refractivity contribution in [2.45, 2.75) is 26.7 Å². The standard InChI is InChI=1S/C12H22N4O/c1-4-6-13-11-9-12(14-7-8-17-3)16-10(5-2)15-11/h9H,4-8H2,1-3H3,(H2,13,14,15,16). The monoisotopic (exact) mass is 238 g/mol. The minimum absolute atomic E-state index is 0.670. The van der Waals surface area contributed by atoms with Crippen molar-refractivity contribution < 1.29 is 4.74 Å². The third kappa shape index (κ3) is 4.99. The number of ether oxygens (including phenoxy) is 1. The molecule has 5 nitrogen and oxygen atoms in total. The first-order valence-electron chi connectivity index (χ1n) is 6.14. The second kappa shape index (κ2) is 7.84. The fourth-order valence-electron chi connectivity index (χ4n) is 1.37. The van der Waals surface area contributed by atoms with Crippen LogP contribution in [-0.2, 0) is 11.2 Å². The second-order valence-corrected chi connectivity index (χ2v) is 3.75. The Morgan fingerprint density at radius 3 is 2.29 bits per heavy atom. The van der Waals surface area contributed by atoms with Gasteiger partial charge in [-0.3, -0.25) is 0 Å². The quantitative estimate of drug-likeness (QED) is 0.678. The molecule has 2 N–H and O–H groups in total. The van der Waals surface area contributed by atoms with Gasteiger partial charge in [-0.25, -0.2) is 9.97 Å². The largest absolute Gasteiger partial charge is 0.383 e. The van der Waals surface area contributed by atoms with Gasteiger partial charge in [-0.05, 0) is 6.42 Å². The average molecular weight is 238 g/mol. The van der Waals surface area contributed by atoms with Crippen molar-refractivity contribution in [3.63, 3.8) is 0 Å². The van der Waals surface area contributed by atoms with Gasteiger partial charge in [-0.2, -0.15) is 0 Å². The van der Waals surface area contributed by atoms with E-state index in [1.807, 2.05) is 6.07 Å². The van der Waals surface area contributed by atoms with Crippen LogP contribution in [0, 0.1) is 0 Å². The zero-order valence-corrected chi connectivity index (χ0v) is 10.9. The van der Waals surface area contributed by atoms with Crippen molar-refractivity contribution in [2.24, 2.45) is 0 Å². The van der Waals surface area contributed by atoms with Crippen LogP contribution >= 0.6 is 0 Å². The van der Waals surface area contributed by atoms with Crippen LogP contribution in [0.1, 0.15) is 26.1 Å². The van der Waals surface area contributed by atoms with Gasteiger partial charge in [-0.15, -0.1) is 0 Å². The summed E-state index contributed by atoms with van der Waals surface area (Å²) in [6, 6.07) is 1.94. The summed E-state index contributed by atoms with van der Waals surface area (Å²) in [6.45, 7) is 6.54. The highest BCUT2D eigenvalue weighted by atomic mass is 16.5. The first-order chi connectivity index (χ1) is 8.30. The molecule has 1 aromatic rings. The highest BCUT2D eigenvalue weighted by molar-refractivity contribution is 5.47. The zero-order valence-electron chi connectivity index (χ0n) is 10.9. The molecule has 0 fully saturated rings. The number of nitrogens with one attached hydrogen (secondary N) is 2. The summed E-state index contributed by atoms with van der Waals surface area (Å²) in [5.74, 6) is 2.59. The molecule has 0 amide bonds. The molecule has 0 saturated carbocycles. The molecule has 0 aliphatic rings. The summed E-state index contributed by atoms with van der Waals surface area (Å²) in [7, 11) is 1.69. The fraction of sp³-hybridized carbons (Fsp3) is 0.667. The van der Waals surface area contributed by atoms with Crippen LogP contribution in [0.5, 0.6) is 0 Å². The summed E-state index contributed by atoms with van der Waals surface area (Å²) in [5, 5.41) is 6.50. The minimum Gasteiger partial charge on any atom is -0.383 e. The highest BCUT2D eigenvalue weighted by Crippen LogP contribution is 2.11. The molecule has 0 aliphatic heterocycles. The first kappa shape index (κ1) is 13.7. The molecular weight excluding hydrogens is 216 g/mol. The Morgan fingerprint density at radius 1 is 1.12 bits per heavy atom. The summed E-state index contributed by atoms with van der Waals surface area (Å²) in [6.07, 6.45) is 1.92. The molecule has 0 radical (unpaired) electrons. The van der Waals surface area contributed by atoms with E-state index in [9.17, 15) is 0 Å². The fourth-order valence-corrected chi connectivity index (χ4v) is 1.37. The van der Waals surface area contributed by atoms with Gasteiger partial charge in [0.2, 0.25) is 0 Å². The van der Waals surface area contributed by atoms with Crippen molar-refractivity contribution in [3.05, 3.63) is 11.9 Å². The molecule has 0 aromatic carbocycles. The lowest BCUT2D eigenvalue weighted by Gasteiger charge is -2.10. The maximum Gasteiger partial charge on any atom is 0.132 e. The number of aromatic nitrogens is 2. The van der Waals surface area contributed by atoms with Gasteiger partial charge >= 0.3 is 0 Å². The molecule has 0 spiro atoms. The Kier molecular flexibility index (Phi) is 6.32. The smallest absolute Gasteiger partial charge is 0.132 e. The molecule has 1 heterocycles. The van der Waals surface area contributed by atoms with E-state index in [0.29, 0.717) is 6.61 Å². The SMILES string of the molecule is CCCNc1cc(NCCOC)nc(CC)n1. The van der Waals surface area contributed by atoms with Crippen LogP contribution in [0.4, 0.5) is 11.6 Å². The van der Waals surface area contributed by atoms with Crippen LogP contribution in [0.3, 0.4) is 0 Å². The lowest BCUT2D eigenvalue weighted by Crippen LogP contribution is -2.12. The van der Waals surface area contributed by atoms with E-state index >= 15 is 0 Å². The average Bonchev–Trinajstić information content (AvgIpc) is 2.36. The number of anilines is 2. The van der Waals surface area contributed by atoms with Gasteiger partial charge in [0.15, 0.2) is 0 Å². The highest BCUT2D eigenvalue weighted by Gasteiger charge is 2.02. The normalized spacial score (nSPS) is 10.3. The van der Waals surface area contributed by atoms with Gasteiger partial charge in [0, 0.05) is 32.7 Å².